The number of aromatic hydroxyl groups is 1. The molecule has 1 fully saturated rings. The fourth-order valence-corrected chi connectivity index (χ4v) is 3.03. The van der Waals surface area contributed by atoms with Gasteiger partial charge in [0.2, 0.25) is 17.1 Å². The molecule has 0 spiro atoms. The number of amides is 1. The van der Waals surface area contributed by atoms with E-state index in [-0.39, 0.29) is 18.1 Å². The van der Waals surface area contributed by atoms with Crippen LogP contribution >= 0.6 is 0 Å². The monoisotopic (exact) mass is 343 g/mol. The molecule has 6 nitrogen and oxygen atoms in total. The first-order chi connectivity index (χ1) is 12.1. The predicted octanol–water partition coefficient (Wildman–Crippen LogP) is 2.03. The normalized spacial score (nSPS) is 15.8. The van der Waals surface area contributed by atoms with Gasteiger partial charge in [-0.15, -0.1) is 0 Å². The van der Waals surface area contributed by atoms with Crippen molar-refractivity contribution in [1.82, 2.24) is 4.90 Å². The smallest absolute Gasteiger partial charge is 0.227 e. The van der Waals surface area contributed by atoms with E-state index in [1.165, 1.54) is 6.07 Å². The summed E-state index contributed by atoms with van der Waals surface area (Å²) in [6, 6.07) is 10.5. The van der Waals surface area contributed by atoms with Crippen LogP contribution in [-0.4, -0.2) is 42.2 Å². The zero-order valence-electron chi connectivity index (χ0n) is 14.1. The number of benzene rings is 1. The molecule has 1 aromatic heterocycles. The molecule has 132 valence electrons. The first kappa shape index (κ1) is 17.2. The van der Waals surface area contributed by atoms with Gasteiger partial charge in [-0.3, -0.25) is 9.59 Å². The minimum Gasteiger partial charge on any atom is -0.502 e. The van der Waals surface area contributed by atoms with E-state index < -0.39 is 17.1 Å². The molecule has 3 rings (SSSR count). The molecule has 2 heterocycles. The third kappa shape index (κ3) is 3.91. The van der Waals surface area contributed by atoms with Gasteiger partial charge < -0.3 is 19.2 Å². The maximum atomic E-state index is 12.7. The van der Waals surface area contributed by atoms with Crippen LogP contribution in [-0.2, 0) is 9.53 Å². The van der Waals surface area contributed by atoms with Gasteiger partial charge in [-0.25, -0.2) is 0 Å². The number of nitrogens with zero attached hydrogens (tertiary/aromatic N) is 1. The van der Waals surface area contributed by atoms with Gasteiger partial charge in [-0.2, -0.15) is 0 Å². The van der Waals surface area contributed by atoms with Crippen molar-refractivity contribution in [3.63, 3.8) is 0 Å². The maximum absolute atomic E-state index is 12.7. The van der Waals surface area contributed by atoms with E-state index in [4.69, 9.17) is 9.15 Å². The van der Waals surface area contributed by atoms with E-state index in [0.29, 0.717) is 32.1 Å². The van der Waals surface area contributed by atoms with E-state index >= 15 is 0 Å². The topological polar surface area (TPSA) is 80.0 Å². The van der Waals surface area contributed by atoms with Crippen LogP contribution in [0.4, 0.5) is 0 Å². The number of hydrogen-bond acceptors (Lipinski definition) is 5. The van der Waals surface area contributed by atoms with Crippen LogP contribution in [0.3, 0.4) is 0 Å². The van der Waals surface area contributed by atoms with E-state index in [2.05, 4.69) is 0 Å². The van der Waals surface area contributed by atoms with Crippen molar-refractivity contribution in [3.8, 4) is 5.75 Å². The second-order valence-corrected chi connectivity index (χ2v) is 6.09. The van der Waals surface area contributed by atoms with Crippen LogP contribution in [0.5, 0.6) is 5.75 Å². The summed E-state index contributed by atoms with van der Waals surface area (Å²) in [5.41, 5.74) is 0.312. The molecule has 1 N–H and O–H groups in total. The van der Waals surface area contributed by atoms with Gasteiger partial charge in [-0.1, -0.05) is 30.3 Å². The Hall–Kier alpha value is -2.60. The molecule has 0 saturated carbocycles. The maximum Gasteiger partial charge on any atom is 0.227 e. The fraction of sp³-hybridized carbons (Fsp3) is 0.368. The molecule has 1 aromatic carbocycles. The van der Waals surface area contributed by atoms with Gasteiger partial charge in [0.1, 0.15) is 5.76 Å². The van der Waals surface area contributed by atoms with Crippen molar-refractivity contribution >= 4 is 5.91 Å². The second kappa shape index (κ2) is 7.53. The second-order valence-electron chi connectivity index (χ2n) is 6.09. The number of aryl methyl sites for hydroxylation is 1. The molecule has 1 amide bonds. The van der Waals surface area contributed by atoms with Crippen molar-refractivity contribution < 1.29 is 19.1 Å². The molecule has 0 aliphatic carbocycles. The highest BCUT2D eigenvalue weighted by Crippen LogP contribution is 2.33. The molecule has 1 atom stereocenters. The van der Waals surface area contributed by atoms with Gasteiger partial charge in [0.15, 0.2) is 5.76 Å². The Morgan fingerprint density at radius 3 is 2.60 bits per heavy atom. The summed E-state index contributed by atoms with van der Waals surface area (Å²) < 4.78 is 10.9. The Balaban J connectivity index is 1.96. The summed E-state index contributed by atoms with van der Waals surface area (Å²) in [5, 5.41) is 10.2. The lowest BCUT2D eigenvalue weighted by molar-refractivity contribution is -0.135. The van der Waals surface area contributed by atoms with Gasteiger partial charge in [0, 0.05) is 25.6 Å². The number of ether oxygens (including phenoxy) is 1. The number of carbonyl (C=O) groups excluding carboxylic acids is 1. The van der Waals surface area contributed by atoms with Crippen molar-refractivity contribution in [2.75, 3.05) is 26.3 Å². The lowest BCUT2D eigenvalue weighted by Gasteiger charge is -2.28. The molecule has 6 heteroatoms. The van der Waals surface area contributed by atoms with Gasteiger partial charge in [0.25, 0.3) is 0 Å². The summed E-state index contributed by atoms with van der Waals surface area (Å²) in [5.74, 6) is -0.477. The molecule has 1 aliphatic heterocycles. The van der Waals surface area contributed by atoms with Crippen molar-refractivity contribution in [3.05, 3.63) is 63.7 Å². The largest absolute Gasteiger partial charge is 0.502 e. The Labute approximate surface area is 145 Å². The summed E-state index contributed by atoms with van der Waals surface area (Å²) in [7, 11) is 0. The van der Waals surface area contributed by atoms with Crippen LogP contribution in [0.1, 0.15) is 29.4 Å². The molecule has 0 bridgehead atoms. The van der Waals surface area contributed by atoms with Gasteiger partial charge in [0.05, 0.1) is 19.1 Å². The van der Waals surface area contributed by atoms with Crippen LogP contribution in [0.2, 0.25) is 0 Å². The van der Waals surface area contributed by atoms with E-state index in [0.717, 1.165) is 5.56 Å². The average Bonchev–Trinajstić information content (AvgIpc) is 2.64. The molecule has 0 unspecified atom stereocenters. The number of hydrogen-bond donors (Lipinski definition) is 1. The highest BCUT2D eigenvalue weighted by Gasteiger charge is 2.28. The number of rotatable bonds is 4. The summed E-state index contributed by atoms with van der Waals surface area (Å²) in [6.07, 6.45) is 0.115. The van der Waals surface area contributed by atoms with Gasteiger partial charge in [-0.05, 0) is 12.5 Å². The number of carbonyl (C=O) groups is 1. The SMILES string of the molecule is Cc1cc(=O)c(O)c([C@@H](CC(=O)N2CCOCC2)c2ccccc2)o1. The Bertz CT molecular complexity index is 793. The van der Waals surface area contributed by atoms with E-state index in [1.54, 1.807) is 11.8 Å². The first-order valence-electron chi connectivity index (χ1n) is 8.30. The van der Waals surface area contributed by atoms with Crippen LogP contribution < -0.4 is 5.43 Å². The Morgan fingerprint density at radius 2 is 1.92 bits per heavy atom. The van der Waals surface area contributed by atoms with Gasteiger partial charge >= 0.3 is 0 Å². The standard InChI is InChI=1S/C19H21NO5/c1-13-11-16(21)18(23)19(25-13)15(14-5-3-2-4-6-14)12-17(22)20-7-9-24-10-8-20/h2-6,11,15,23H,7-10,12H2,1H3/t15-/m0/s1. The Morgan fingerprint density at radius 1 is 1.24 bits per heavy atom. The number of morpholine rings is 1. The van der Waals surface area contributed by atoms with E-state index in [9.17, 15) is 14.7 Å². The lowest BCUT2D eigenvalue weighted by atomic mass is 9.91. The van der Waals surface area contributed by atoms with Crippen molar-refractivity contribution in [2.45, 2.75) is 19.3 Å². The third-order valence-corrected chi connectivity index (χ3v) is 4.33. The molecule has 1 aliphatic rings. The molecule has 2 aromatic rings. The highest BCUT2D eigenvalue weighted by molar-refractivity contribution is 5.78. The molecule has 1 saturated heterocycles. The van der Waals surface area contributed by atoms with Crippen molar-refractivity contribution in [1.29, 1.82) is 0 Å². The fourth-order valence-electron chi connectivity index (χ4n) is 3.03. The minimum atomic E-state index is -0.524. The van der Waals surface area contributed by atoms with Crippen LogP contribution in [0.25, 0.3) is 0 Å². The Kier molecular flexibility index (Phi) is 5.19. The zero-order chi connectivity index (χ0) is 17.8. The molecular formula is C19H21NO5. The molecule has 25 heavy (non-hydrogen) atoms. The first-order valence-corrected chi connectivity index (χ1v) is 8.30. The predicted molar refractivity (Wildman–Crippen MR) is 91.7 cm³/mol. The third-order valence-electron chi connectivity index (χ3n) is 4.33. The summed E-state index contributed by atoms with van der Waals surface area (Å²) >= 11 is 0. The van der Waals surface area contributed by atoms with E-state index in [1.807, 2.05) is 30.3 Å². The zero-order valence-corrected chi connectivity index (χ0v) is 14.1. The van der Waals surface area contributed by atoms with Crippen LogP contribution in [0, 0.1) is 6.92 Å². The highest BCUT2D eigenvalue weighted by atomic mass is 16.5. The summed E-state index contributed by atoms with van der Waals surface area (Å²) in [6.45, 7) is 3.78. The van der Waals surface area contributed by atoms with Crippen molar-refractivity contribution in [2.24, 2.45) is 0 Å². The van der Waals surface area contributed by atoms with Crippen LogP contribution in [0.15, 0.2) is 45.6 Å². The summed E-state index contributed by atoms with van der Waals surface area (Å²) in [4.78, 5) is 26.4. The molecular weight excluding hydrogens is 322 g/mol. The molecule has 0 radical (unpaired) electrons. The average molecular weight is 343 g/mol. The minimum absolute atomic E-state index is 0.0549. The lowest BCUT2D eigenvalue weighted by Crippen LogP contribution is -2.41. The quantitative estimate of drug-likeness (QED) is 0.919.